The molecule has 2 rings (SSSR count). The van der Waals surface area contributed by atoms with E-state index in [9.17, 15) is 13.5 Å². The highest BCUT2D eigenvalue weighted by Gasteiger charge is 2.30. The Hall–Kier alpha value is -1.25. The second kappa shape index (κ2) is 6.47. The Bertz CT molecular complexity index is 532. The molecular weight excluding hydrogens is 280 g/mol. The molecule has 8 heteroatoms. The molecule has 0 bridgehead atoms. The molecule has 0 amide bonds. The van der Waals surface area contributed by atoms with Crippen LogP contribution in [0.3, 0.4) is 0 Å². The fourth-order valence-electron chi connectivity index (χ4n) is 2.24. The number of sulfonamides is 1. The molecule has 1 atom stereocenters. The van der Waals surface area contributed by atoms with Crippen LogP contribution < -0.4 is 5.32 Å². The van der Waals surface area contributed by atoms with Crippen molar-refractivity contribution in [3.8, 4) is 0 Å². The Morgan fingerprint density at radius 1 is 1.45 bits per heavy atom. The summed E-state index contributed by atoms with van der Waals surface area (Å²) in [6.07, 6.45) is 4.27. The monoisotopic (exact) mass is 300 g/mol. The Morgan fingerprint density at radius 2 is 2.15 bits per heavy atom. The second-order valence-corrected chi connectivity index (χ2v) is 6.76. The molecule has 1 aliphatic rings. The van der Waals surface area contributed by atoms with Gasteiger partial charge in [0.05, 0.1) is 12.4 Å². The van der Waals surface area contributed by atoms with Gasteiger partial charge in [0.15, 0.2) is 0 Å². The molecule has 1 aromatic heterocycles. The van der Waals surface area contributed by atoms with E-state index >= 15 is 0 Å². The molecule has 1 fully saturated rings. The number of nitrogens with one attached hydrogen (secondary N) is 1. The predicted octanol–water partition coefficient (Wildman–Crippen LogP) is 0.301. The highest BCUT2D eigenvalue weighted by atomic mass is 32.2. The molecule has 1 aliphatic heterocycles. The smallest absolute Gasteiger partial charge is 0.246 e. The lowest BCUT2D eigenvalue weighted by molar-refractivity contribution is 0.165. The fourth-order valence-corrected chi connectivity index (χ4v) is 3.69. The zero-order valence-electron chi connectivity index (χ0n) is 11.5. The molecule has 0 saturated carbocycles. The van der Waals surface area contributed by atoms with Crippen molar-refractivity contribution in [1.82, 2.24) is 14.3 Å². The average Bonchev–Trinajstić information content (AvgIpc) is 2.48. The molecule has 1 unspecified atom stereocenters. The summed E-state index contributed by atoms with van der Waals surface area (Å²) in [5.41, 5.74) is 0. The van der Waals surface area contributed by atoms with Gasteiger partial charge in [-0.3, -0.25) is 0 Å². The topological polar surface area (TPSA) is 95.4 Å². The SMILES string of the molecule is CCNc1ncc(S(=O)(=O)N2CCCC(CO)C2)cn1. The highest BCUT2D eigenvalue weighted by Crippen LogP contribution is 2.22. The van der Waals surface area contributed by atoms with Crippen LogP contribution in [-0.4, -0.2) is 54.0 Å². The molecule has 2 N–H and O–H groups in total. The number of rotatable bonds is 5. The van der Waals surface area contributed by atoms with Gasteiger partial charge in [-0.05, 0) is 25.7 Å². The summed E-state index contributed by atoms with van der Waals surface area (Å²) in [5.74, 6) is 0.429. The number of piperidine rings is 1. The minimum Gasteiger partial charge on any atom is -0.396 e. The van der Waals surface area contributed by atoms with E-state index in [1.54, 1.807) is 0 Å². The summed E-state index contributed by atoms with van der Waals surface area (Å²) in [6, 6.07) is 0. The molecular formula is C12H20N4O3S. The minimum atomic E-state index is -3.57. The lowest BCUT2D eigenvalue weighted by Crippen LogP contribution is -2.40. The van der Waals surface area contributed by atoms with Gasteiger partial charge >= 0.3 is 0 Å². The summed E-state index contributed by atoms with van der Waals surface area (Å²) in [7, 11) is -3.57. The predicted molar refractivity (Wildman–Crippen MR) is 74.8 cm³/mol. The lowest BCUT2D eigenvalue weighted by Gasteiger charge is -2.30. The van der Waals surface area contributed by atoms with Crippen LogP contribution in [0.5, 0.6) is 0 Å². The van der Waals surface area contributed by atoms with Crippen LogP contribution in [0.2, 0.25) is 0 Å². The second-order valence-electron chi connectivity index (χ2n) is 4.83. The molecule has 2 heterocycles. The maximum atomic E-state index is 12.5. The van der Waals surface area contributed by atoms with Gasteiger partial charge in [0.25, 0.3) is 0 Å². The number of hydrogen-bond donors (Lipinski definition) is 2. The first-order chi connectivity index (χ1) is 9.57. The van der Waals surface area contributed by atoms with E-state index in [1.807, 2.05) is 6.92 Å². The van der Waals surface area contributed by atoms with Crippen LogP contribution in [0.1, 0.15) is 19.8 Å². The van der Waals surface area contributed by atoms with Crippen LogP contribution in [0.4, 0.5) is 5.95 Å². The quantitative estimate of drug-likeness (QED) is 0.812. The third-order valence-corrected chi connectivity index (χ3v) is 5.16. The number of aliphatic hydroxyl groups excluding tert-OH is 1. The first-order valence-electron chi connectivity index (χ1n) is 6.75. The summed E-state index contributed by atoms with van der Waals surface area (Å²) in [6.45, 7) is 3.44. The molecule has 7 nitrogen and oxygen atoms in total. The van der Waals surface area contributed by atoms with Gasteiger partial charge in [-0.25, -0.2) is 18.4 Å². The molecule has 20 heavy (non-hydrogen) atoms. The van der Waals surface area contributed by atoms with Gasteiger partial charge in [-0.2, -0.15) is 4.31 Å². The van der Waals surface area contributed by atoms with E-state index in [4.69, 9.17) is 0 Å². The van der Waals surface area contributed by atoms with Crippen molar-refractivity contribution >= 4 is 16.0 Å². The van der Waals surface area contributed by atoms with Gasteiger partial charge < -0.3 is 10.4 Å². The lowest BCUT2D eigenvalue weighted by atomic mass is 10.0. The van der Waals surface area contributed by atoms with Gasteiger partial charge in [0, 0.05) is 26.2 Å². The zero-order chi connectivity index (χ0) is 14.6. The Morgan fingerprint density at radius 3 is 2.75 bits per heavy atom. The van der Waals surface area contributed by atoms with Crippen molar-refractivity contribution in [2.75, 3.05) is 31.6 Å². The van der Waals surface area contributed by atoms with E-state index in [-0.39, 0.29) is 17.4 Å². The number of hydrogen-bond acceptors (Lipinski definition) is 6. The Balaban J connectivity index is 2.16. The molecule has 1 saturated heterocycles. The Labute approximate surface area is 119 Å². The number of aliphatic hydroxyl groups is 1. The third-order valence-electron chi connectivity index (χ3n) is 3.34. The zero-order valence-corrected chi connectivity index (χ0v) is 12.3. The maximum absolute atomic E-state index is 12.5. The van der Waals surface area contributed by atoms with Crippen molar-refractivity contribution < 1.29 is 13.5 Å². The van der Waals surface area contributed by atoms with Crippen molar-refractivity contribution in [2.45, 2.75) is 24.7 Å². The van der Waals surface area contributed by atoms with E-state index in [0.29, 0.717) is 25.6 Å². The van der Waals surface area contributed by atoms with Gasteiger partial charge in [0.1, 0.15) is 4.90 Å². The third kappa shape index (κ3) is 3.25. The highest BCUT2D eigenvalue weighted by molar-refractivity contribution is 7.89. The van der Waals surface area contributed by atoms with Gasteiger partial charge in [-0.15, -0.1) is 0 Å². The first-order valence-corrected chi connectivity index (χ1v) is 8.19. The summed E-state index contributed by atoms with van der Waals surface area (Å²) in [4.78, 5) is 8.08. The van der Waals surface area contributed by atoms with E-state index in [1.165, 1.54) is 16.7 Å². The Kier molecular flexibility index (Phi) is 4.90. The molecule has 0 aliphatic carbocycles. The molecule has 0 aromatic carbocycles. The van der Waals surface area contributed by atoms with Gasteiger partial charge in [0.2, 0.25) is 16.0 Å². The largest absolute Gasteiger partial charge is 0.396 e. The van der Waals surface area contributed by atoms with Crippen LogP contribution in [0.25, 0.3) is 0 Å². The normalized spacial score (nSPS) is 20.8. The van der Waals surface area contributed by atoms with Crippen LogP contribution in [0, 0.1) is 5.92 Å². The van der Waals surface area contributed by atoms with Crippen molar-refractivity contribution in [3.63, 3.8) is 0 Å². The number of nitrogens with zero attached hydrogens (tertiary/aromatic N) is 3. The van der Waals surface area contributed by atoms with Crippen molar-refractivity contribution in [3.05, 3.63) is 12.4 Å². The average molecular weight is 300 g/mol. The van der Waals surface area contributed by atoms with Gasteiger partial charge in [-0.1, -0.05) is 0 Å². The summed E-state index contributed by atoms with van der Waals surface area (Å²) < 4.78 is 26.3. The van der Waals surface area contributed by atoms with Crippen LogP contribution in [0.15, 0.2) is 17.3 Å². The van der Waals surface area contributed by atoms with Crippen LogP contribution >= 0.6 is 0 Å². The molecule has 112 valence electrons. The molecule has 0 spiro atoms. The summed E-state index contributed by atoms with van der Waals surface area (Å²) >= 11 is 0. The van der Waals surface area contributed by atoms with E-state index in [0.717, 1.165) is 12.8 Å². The van der Waals surface area contributed by atoms with Crippen molar-refractivity contribution in [1.29, 1.82) is 0 Å². The first kappa shape index (κ1) is 15.1. The fraction of sp³-hybridized carbons (Fsp3) is 0.667. The maximum Gasteiger partial charge on any atom is 0.246 e. The van der Waals surface area contributed by atoms with E-state index < -0.39 is 10.0 Å². The van der Waals surface area contributed by atoms with Crippen molar-refractivity contribution in [2.24, 2.45) is 5.92 Å². The van der Waals surface area contributed by atoms with Crippen LogP contribution in [-0.2, 0) is 10.0 Å². The number of anilines is 1. The number of aromatic nitrogens is 2. The standard InChI is InChI=1S/C12H20N4O3S/c1-2-13-12-14-6-11(7-15-12)20(18,19)16-5-3-4-10(8-16)9-17/h6-7,10,17H,2-5,8-9H2,1H3,(H,13,14,15). The molecule has 1 aromatic rings. The minimum absolute atomic E-state index is 0.0143. The van der Waals surface area contributed by atoms with E-state index in [2.05, 4.69) is 15.3 Å². The molecule has 0 radical (unpaired) electrons. The summed E-state index contributed by atoms with van der Waals surface area (Å²) in [5, 5.41) is 12.1.